The number of phenolic OH excluding ortho intramolecular Hbond substituents is 1. The molecule has 0 unspecified atom stereocenters. The molecule has 0 heterocycles. The molecule has 2 N–H and O–H groups in total. The van der Waals surface area contributed by atoms with Crippen LogP contribution in [0, 0.1) is 0 Å². The highest BCUT2D eigenvalue weighted by Crippen LogP contribution is 2.29. The Bertz CT molecular complexity index is 664. The topological polar surface area (TPSA) is 74.1 Å². The summed E-state index contributed by atoms with van der Waals surface area (Å²) in [5, 5.41) is 20.6. The van der Waals surface area contributed by atoms with Gasteiger partial charge in [0.1, 0.15) is 11.4 Å². The second kappa shape index (κ2) is 6.65. The fraction of sp³-hybridized carbons (Fsp3) is 0.188. The van der Waals surface area contributed by atoms with E-state index in [9.17, 15) is 9.90 Å². The molecular weight excluding hydrogens is 266 g/mol. The van der Waals surface area contributed by atoms with Crippen LogP contribution in [0.2, 0.25) is 0 Å². The van der Waals surface area contributed by atoms with E-state index in [0.29, 0.717) is 17.1 Å². The van der Waals surface area contributed by atoms with E-state index >= 15 is 0 Å². The quantitative estimate of drug-likeness (QED) is 0.819. The number of hydrogen-bond acceptors (Lipinski definition) is 4. The van der Waals surface area contributed by atoms with Crippen molar-refractivity contribution in [3.8, 4) is 5.75 Å². The average Bonchev–Trinajstić information content (AvgIpc) is 2.47. The third kappa shape index (κ3) is 4.14. The predicted molar refractivity (Wildman–Crippen MR) is 82.4 cm³/mol. The van der Waals surface area contributed by atoms with Crippen LogP contribution in [0.1, 0.15) is 19.4 Å². The molecule has 0 aromatic heterocycles. The van der Waals surface area contributed by atoms with Gasteiger partial charge >= 0.3 is 0 Å². The number of benzene rings is 2. The van der Waals surface area contributed by atoms with Crippen molar-refractivity contribution in [2.45, 2.75) is 20.3 Å². The van der Waals surface area contributed by atoms with Crippen LogP contribution >= 0.6 is 0 Å². The number of rotatable bonds is 4. The summed E-state index contributed by atoms with van der Waals surface area (Å²) in [4.78, 5) is 10.9. The molecule has 0 saturated carbocycles. The summed E-state index contributed by atoms with van der Waals surface area (Å²) in [6.45, 7) is 3.49. The van der Waals surface area contributed by atoms with Gasteiger partial charge in [-0.25, -0.2) is 0 Å². The number of phenols is 1. The highest BCUT2D eigenvalue weighted by molar-refractivity contribution is 5.88. The molecule has 0 aliphatic heterocycles. The number of nitrogens with one attached hydrogen (secondary N) is 1. The van der Waals surface area contributed by atoms with Crippen molar-refractivity contribution in [2.24, 2.45) is 10.2 Å². The van der Waals surface area contributed by atoms with E-state index in [1.54, 1.807) is 30.3 Å². The number of nitrogens with zero attached hydrogens (tertiary/aromatic N) is 2. The van der Waals surface area contributed by atoms with Crippen LogP contribution in [0.25, 0.3) is 0 Å². The summed E-state index contributed by atoms with van der Waals surface area (Å²) < 4.78 is 0. The minimum absolute atomic E-state index is 0.103. The molecule has 0 aliphatic rings. The lowest BCUT2D eigenvalue weighted by atomic mass is 10.1. The molecule has 5 heteroatoms. The first-order valence-electron chi connectivity index (χ1n) is 6.70. The van der Waals surface area contributed by atoms with Crippen molar-refractivity contribution in [3.05, 3.63) is 48.0 Å². The lowest BCUT2D eigenvalue weighted by molar-refractivity contribution is -0.114. The van der Waals surface area contributed by atoms with Gasteiger partial charge in [0.25, 0.3) is 0 Å². The molecule has 1 amide bonds. The van der Waals surface area contributed by atoms with Gasteiger partial charge in [0.15, 0.2) is 0 Å². The Morgan fingerprint density at radius 3 is 2.48 bits per heavy atom. The SMILES string of the molecule is CCc1ccc(O)c(N=Nc2ccc(NC(C)=O)cc2)c1. The first-order chi connectivity index (χ1) is 10.1. The van der Waals surface area contributed by atoms with Gasteiger partial charge in [0.2, 0.25) is 5.91 Å². The van der Waals surface area contributed by atoms with Gasteiger partial charge in [-0.3, -0.25) is 4.79 Å². The summed E-state index contributed by atoms with van der Waals surface area (Å²) in [5.74, 6) is -0.0171. The zero-order valence-corrected chi connectivity index (χ0v) is 12.0. The summed E-state index contributed by atoms with van der Waals surface area (Å²) in [6, 6.07) is 12.3. The van der Waals surface area contributed by atoms with Crippen molar-refractivity contribution in [2.75, 3.05) is 5.32 Å². The summed E-state index contributed by atoms with van der Waals surface area (Å²) >= 11 is 0. The maximum absolute atomic E-state index is 10.9. The monoisotopic (exact) mass is 283 g/mol. The normalized spacial score (nSPS) is 10.8. The molecule has 21 heavy (non-hydrogen) atoms. The molecule has 0 fully saturated rings. The van der Waals surface area contributed by atoms with E-state index in [-0.39, 0.29) is 11.7 Å². The number of hydrogen-bond donors (Lipinski definition) is 2. The Morgan fingerprint density at radius 2 is 1.86 bits per heavy atom. The minimum Gasteiger partial charge on any atom is -0.506 e. The van der Waals surface area contributed by atoms with Crippen molar-refractivity contribution in [3.63, 3.8) is 0 Å². The number of anilines is 1. The van der Waals surface area contributed by atoms with Crippen LogP contribution in [0.5, 0.6) is 5.75 Å². The summed E-state index contributed by atoms with van der Waals surface area (Å²) in [6.07, 6.45) is 0.869. The molecule has 108 valence electrons. The Balaban J connectivity index is 2.15. The van der Waals surface area contributed by atoms with Crippen molar-refractivity contribution in [1.82, 2.24) is 0 Å². The Morgan fingerprint density at radius 1 is 1.14 bits per heavy atom. The van der Waals surface area contributed by atoms with Crippen molar-refractivity contribution in [1.29, 1.82) is 0 Å². The Hall–Kier alpha value is -2.69. The van der Waals surface area contributed by atoms with Crippen LogP contribution in [-0.4, -0.2) is 11.0 Å². The number of carbonyl (C=O) groups is 1. The van der Waals surface area contributed by atoms with E-state index in [2.05, 4.69) is 15.5 Å². The van der Waals surface area contributed by atoms with Crippen LogP contribution in [-0.2, 0) is 11.2 Å². The van der Waals surface area contributed by atoms with Gasteiger partial charge in [-0.2, -0.15) is 5.11 Å². The predicted octanol–water partition coefficient (Wildman–Crippen LogP) is 4.33. The standard InChI is InChI=1S/C16H17N3O2/c1-3-12-4-9-16(21)15(10-12)19-18-14-7-5-13(6-8-14)17-11(2)20/h4-10,21H,3H2,1-2H3,(H,17,20). The van der Waals surface area contributed by atoms with E-state index in [4.69, 9.17) is 0 Å². The zero-order valence-electron chi connectivity index (χ0n) is 12.0. The van der Waals surface area contributed by atoms with E-state index < -0.39 is 0 Å². The van der Waals surface area contributed by atoms with Gasteiger partial charge in [-0.1, -0.05) is 13.0 Å². The number of carbonyl (C=O) groups excluding carboxylic acids is 1. The number of aromatic hydroxyl groups is 1. The number of aryl methyl sites for hydroxylation is 1. The highest BCUT2D eigenvalue weighted by atomic mass is 16.3. The molecule has 0 aliphatic carbocycles. The molecule has 0 atom stereocenters. The lowest BCUT2D eigenvalue weighted by Gasteiger charge is -2.02. The molecule has 0 bridgehead atoms. The molecule has 2 rings (SSSR count). The molecule has 2 aromatic carbocycles. The molecule has 2 aromatic rings. The first-order valence-corrected chi connectivity index (χ1v) is 6.70. The minimum atomic E-state index is -0.120. The molecule has 0 saturated heterocycles. The maximum Gasteiger partial charge on any atom is 0.221 e. The lowest BCUT2D eigenvalue weighted by Crippen LogP contribution is -2.04. The van der Waals surface area contributed by atoms with E-state index in [0.717, 1.165) is 12.0 Å². The molecule has 0 radical (unpaired) electrons. The van der Waals surface area contributed by atoms with Crippen molar-refractivity contribution >= 4 is 23.0 Å². The second-order valence-electron chi connectivity index (χ2n) is 4.60. The van der Waals surface area contributed by atoms with Gasteiger partial charge in [0.05, 0.1) is 5.69 Å². The first kappa shape index (κ1) is 14.7. The zero-order chi connectivity index (χ0) is 15.2. The van der Waals surface area contributed by atoms with Crippen LogP contribution in [0.4, 0.5) is 17.1 Å². The van der Waals surface area contributed by atoms with Crippen LogP contribution < -0.4 is 5.32 Å². The van der Waals surface area contributed by atoms with Gasteiger partial charge in [0, 0.05) is 12.6 Å². The Labute approximate surface area is 123 Å². The van der Waals surface area contributed by atoms with Crippen molar-refractivity contribution < 1.29 is 9.90 Å². The largest absolute Gasteiger partial charge is 0.506 e. The second-order valence-corrected chi connectivity index (χ2v) is 4.60. The molecular formula is C16H17N3O2. The maximum atomic E-state index is 10.9. The fourth-order valence-electron chi connectivity index (χ4n) is 1.80. The van der Waals surface area contributed by atoms with Gasteiger partial charge < -0.3 is 10.4 Å². The highest BCUT2D eigenvalue weighted by Gasteiger charge is 2.01. The third-order valence-electron chi connectivity index (χ3n) is 2.91. The average molecular weight is 283 g/mol. The number of azo groups is 1. The summed E-state index contributed by atoms with van der Waals surface area (Å²) in [7, 11) is 0. The van der Waals surface area contributed by atoms with E-state index in [1.165, 1.54) is 6.92 Å². The van der Waals surface area contributed by atoms with Crippen LogP contribution in [0.3, 0.4) is 0 Å². The van der Waals surface area contributed by atoms with Gasteiger partial charge in [-0.05, 0) is 48.4 Å². The molecule has 0 spiro atoms. The smallest absolute Gasteiger partial charge is 0.221 e. The third-order valence-corrected chi connectivity index (χ3v) is 2.91. The number of amides is 1. The molecule has 5 nitrogen and oxygen atoms in total. The van der Waals surface area contributed by atoms with Crippen LogP contribution in [0.15, 0.2) is 52.7 Å². The summed E-state index contributed by atoms with van der Waals surface area (Å²) in [5.41, 5.74) is 2.88. The Kier molecular flexibility index (Phi) is 4.66. The van der Waals surface area contributed by atoms with E-state index in [1.807, 2.05) is 19.1 Å². The fourth-order valence-corrected chi connectivity index (χ4v) is 1.80. The van der Waals surface area contributed by atoms with Gasteiger partial charge in [-0.15, -0.1) is 5.11 Å².